The van der Waals surface area contributed by atoms with Gasteiger partial charge in [0.1, 0.15) is 28.6 Å². The Morgan fingerprint density at radius 1 is 1.33 bits per heavy atom. The number of carbonyl (C=O) groups is 1. The molecule has 0 radical (unpaired) electrons. The molecule has 0 atom stereocenters. The lowest BCUT2D eigenvalue weighted by atomic mass is 10.1. The van der Waals surface area contributed by atoms with E-state index in [2.05, 4.69) is 16.9 Å². The van der Waals surface area contributed by atoms with Crippen LogP contribution in [0.3, 0.4) is 0 Å². The number of aromatic nitrogens is 2. The zero-order chi connectivity index (χ0) is 21.7. The predicted octanol–water partition coefficient (Wildman–Crippen LogP) is 3.31. The Balaban J connectivity index is 2.19. The highest BCUT2D eigenvalue weighted by molar-refractivity contribution is 6.02. The van der Waals surface area contributed by atoms with Crippen molar-refractivity contribution in [2.24, 2.45) is 0 Å². The van der Waals surface area contributed by atoms with Crippen LogP contribution in [-0.2, 0) is 4.79 Å². The lowest BCUT2D eigenvalue weighted by Gasteiger charge is -2.12. The van der Waals surface area contributed by atoms with Gasteiger partial charge in [-0.2, -0.15) is 10.2 Å². The van der Waals surface area contributed by atoms with Gasteiger partial charge >= 0.3 is 0 Å². The van der Waals surface area contributed by atoms with Gasteiger partial charge in [0.05, 0.1) is 0 Å². The quantitative estimate of drug-likeness (QED) is 0.389. The van der Waals surface area contributed by atoms with Crippen LogP contribution < -0.4 is 15.6 Å². The number of fused-ring (bicyclic) bond motifs is 1. The highest BCUT2D eigenvalue weighted by Gasteiger charge is 2.17. The molecule has 0 bridgehead atoms. The molecule has 0 unspecified atom stereocenters. The smallest absolute Gasteiger partial charge is 0.269 e. The molecule has 0 saturated carbocycles. The zero-order valence-electron chi connectivity index (χ0n) is 16.7. The molecule has 1 aromatic carbocycles. The molecule has 0 aliphatic heterocycles. The maximum absolute atomic E-state index is 13.1. The standard InChI is InChI=1S/C23H20N4O3/c1-4-10-25-21(28)17(14-24)13-18-22(30-19-9-8-15(2)12-16(19)3)26-20-7-5-6-11-27(20)23(18)29/h4-9,11-13H,1,10H2,2-3H3,(H,25,28). The number of hydrogen-bond acceptors (Lipinski definition) is 5. The monoisotopic (exact) mass is 400 g/mol. The van der Waals surface area contributed by atoms with E-state index in [0.717, 1.165) is 11.1 Å². The topological polar surface area (TPSA) is 96.5 Å². The molecule has 0 spiro atoms. The van der Waals surface area contributed by atoms with Crippen LogP contribution >= 0.6 is 0 Å². The average molecular weight is 400 g/mol. The summed E-state index contributed by atoms with van der Waals surface area (Å²) in [6, 6.07) is 12.6. The van der Waals surface area contributed by atoms with Crippen molar-refractivity contribution in [2.75, 3.05) is 6.54 Å². The van der Waals surface area contributed by atoms with Gasteiger partial charge in [-0.15, -0.1) is 6.58 Å². The summed E-state index contributed by atoms with van der Waals surface area (Å²) < 4.78 is 7.29. The summed E-state index contributed by atoms with van der Waals surface area (Å²) in [5.74, 6) is -0.0769. The van der Waals surface area contributed by atoms with Crippen molar-refractivity contribution in [3.05, 3.63) is 87.9 Å². The maximum Gasteiger partial charge on any atom is 0.269 e. The van der Waals surface area contributed by atoms with E-state index >= 15 is 0 Å². The van der Waals surface area contributed by atoms with Crippen LogP contribution in [0.2, 0.25) is 0 Å². The molecule has 1 amide bonds. The first-order valence-electron chi connectivity index (χ1n) is 9.22. The van der Waals surface area contributed by atoms with Gasteiger partial charge in [0, 0.05) is 12.7 Å². The van der Waals surface area contributed by atoms with Crippen LogP contribution in [0.1, 0.15) is 16.7 Å². The Labute approximate surface area is 173 Å². The number of nitriles is 1. The maximum atomic E-state index is 13.1. The lowest BCUT2D eigenvalue weighted by molar-refractivity contribution is -0.116. The van der Waals surface area contributed by atoms with Crippen molar-refractivity contribution in [3.63, 3.8) is 0 Å². The third-order valence-corrected chi connectivity index (χ3v) is 4.33. The summed E-state index contributed by atoms with van der Waals surface area (Å²) in [4.78, 5) is 29.8. The number of aryl methyl sites for hydroxylation is 2. The molecule has 0 saturated heterocycles. The average Bonchev–Trinajstić information content (AvgIpc) is 2.74. The van der Waals surface area contributed by atoms with E-state index in [4.69, 9.17) is 4.74 Å². The van der Waals surface area contributed by atoms with Gasteiger partial charge in [-0.3, -0.25) is 14.0 Å². The minimum atomic E-state index is -0.618. The highest BCUT2D eigenvalue weighted by atomic mass is 16.5. The van der Waals surface area contributed by atoms with Crippen molar-refractivity contribution in [2.45, 2.75) is 13.8 Å². The van der Waals surface area contributed by atoms with Gasteiger partial charge in [-0.1, -0.05) is 29.8 Å². The lowest BCUT2D eigenvalue weighted by Crippen LogP contribution is -2.25. The number of rotatable bonds is 6. The van der Waals surface area contributed by atoms with Gasteiger partial charge in [-0.05, 0) is 43.7 Å². The minimum Gasteiger partial charge on any atom is -0.438 e. The van der Waals surface area contributed by atoms with Gasteiger partial charge in [0.25, 0.3) is 11.5 Å². The summed E-state index contributed by atoms with van der Waals surface area (Å²) in [5.41, 5.74) is 1.63. The van der Waals surface area contributed by atoms with E-state index in [1.165, 1.54) is 16.6 Å². The summed E-state index contributed by atoms with van der Waals surface area (Å²) in [5, 5.41) is 12.0. The number of benzene rings is 1. The van der Waals surface area contributed by atoms with Crippen LogP contribution in [-0.4, -0.2) is 21.8 Å². The highest BCUT2D eigenvalue weighted by Crippen LogP contribution is 2.27. The molecular weight excluding hydrogens is 380 g/mol. The number of nitrogens with zero attached hydrogens (tertiary/aromatic N) is 3. The molecule has 2 aromatic heterocycles. The SMILES string of the molecule is C=CCNC(=O)C(C#N)=Cc1c(Oc2ccc(C)cc2C)nc2ccccn2c1=O. The predicted molar refractivity (Wildman–Crippen MR) is 114 cm³/mol. The van der Waals surface area contributed by atoms with Crippen molar-refractivity contribution >= 4 is 17.6 Å². The summed E-state index contributed by atoms with van der Waals surface area (Å²) in [6.45, 7) is 7.57. The van der Waals surface area contributed by atoms with E-state index in [9.17, 15) is 14.9 Å². The largest absolute Gasteiger partial charge is 0.438 e. The van der Waals surface area contributed by atoms with Crippen LogP contribution in [0.5, 0.6) is 11.6 Å². The second-order valence-electron chi connectivity index (χ2n) is 6.60. The van der Waals surface area contributed by atoms with Crippen LogP contribution in [0.15, 0.2) is 65.6 Å². The van der Waals surface area contributed by atoms with E-state index in [1.807, 2.05) is 32.0 Å². The molecule has 2 heterocycles. The number of nitrogens with one attached hydrogen (secondary N) is 1. The molecule has 0 fully saturated rings. The van der Waals surface area contributed by atoms with E-state index in [0.29, 0.717) is 11.4 Å². The Bertz CT molecular complexity index is 1270. The molecule has 150 valence electrons. The number of ether oxygens (including phenoxy) is 1. The number of carbonyl (C=O) groups excluding carboxylic acids is 1. The first-order valence-corrected chi connectivity index (χ1v) is 9.22. The minimum absolute atomic E-state index is 0.00368. The van der Waals surface area contributed by atoms with Crippen LogP contribution in [0, 0.1) is 25.2 Å². The molecule has 3 aromatic rings. The molecule has 0 aliphatic rings. The zero-order valence-corrected chi connectivity index (χ0v) is 16.7. The fourth-order valence-electron chi connectivity index (χ4n) is 2.85. The number of pyridine rings is 1. The van der Waals surface area contributed by atoms with E-state index < -0.39 is 11.5 Å². The van der Waals surface area contributed by atoms with E-state index in [1.54, 1.807) is 30.5 Å². The molecule has 7 heteroatoms. The first kappa shape index (κ1) is 20.6. The fourth-order valence-corrected chi connectivity index (χ4v) is 2.85. The van der Waals surface area contributed by atoms with Crippen molar-refractivity contribution in [1.82, 2.24) is 14.7 Å². The molecular formula is C23H20N4O3. The van der Waals surface area contributed by atoms with Crippen molar-refractivity contribution in [3.8, 4) is 17.7 Å². The molecule has 1 N–H and O–H groups in total. The molecule has 3 rings (SSSR count). The normalized spacial score (nSPS) is 11.0. The molecule has 30 heavy (non-hydrogen) atoms. The second kappa shape index (κ2) is 8.88. The first-order chi connectivity index (χ1) is 14.4. The Morgan fingerprint density at radius 3 is 2.83 bits per heavy atom. The van der Waals surface area contributed by atoms with Gasteiger partial charge in [-0.25, -0.2) is 0 Å². The molecule has 7 nitrogen and oxygen atoms in total. The second-order valence-corrected chi connectivity index (χ2v) is 6.60. The van der Waals surface area contributed by atoms with Crippen LogP contribution in [0.4, 0.5) is 0 Å². The Kier molecular flexibility index (Phi) is 6.08. The Morgan fingerprint density at radius 2 is 2.13 bits per heavy atom. The summed E-state index contributed by atoms with van der Waals surface area (Å²) in [6.07, 6.45) is 4.26. The third-order valence-electron chi connectivity index (χ3n) is 4.33. The van der Waals surface area contributed by atoms with E-state index in [-0.39, 0.29) is 23.6 Å². The Hall–Kier alpha value is -4.18. The number of hydrogen-bond donors (Lipinski definition) is 1. The summed E-state index contributed by atoms with van der Waals surface area (Å²) >= 11 is 0. The summed E-state index contributed by atoms with van der Waals surface area (Å²) in [7, 11) is 0. The number of amides is 1. The third kappa shape index (κ3) is 4.28. The van der Waals surface area contributed by atoms with Crippen LogP contribution in [0.25, 0.3) is 11.7 Å². The van der Waals surface area contributed by atoms with Gasteiger partial charge in [0.15, 0.2) is 0 Å². The van der Waals surface area contributed by atoms with Crippen molar-refractivity contribution in [1.29, 1.82) is 5.26 Å². The fraction of sp³-hybridized carbons (Fsp3) is 0.130. The van der Waals surface area contributed by atoms with Gasteiger partial charge < -0.3 is 10.1 Å². The molecule has 0 aliphatic carbocycles. The van der Waals surface area contributed by atoms with Gasteiger partial charge in [0.2, 0.25) is 5.88 Å². The van der Waals surface area contributed by atoms with Crippen molar-refractivity contribution < 1.29 is 9.53 Å².